The van der Waals surface area contributed by atoms with E-state index in [1.54, 1.807) is 24.3 Å². The van der Waals surface area contributed by atoms with Crippen molar-refractivity contribution in [1.82, 2.24) is 5.32 Å². The van der Waals surface area contributed by atoms with Crippen LogP contribution in [0.1, 0.15) is 12.5 Å². The number of hydrogen-bond acceptors (Lipinski definition) is 6. The van der Waals surface area contributed by atoms with Crippen LogP contribution in [-0.4, -0.2) is 30.2 Å². The van der Waals surface area contributed by atoms with Crippen LogP contribution in [-0.2, 0) is 9.59 Å². The minimum Gasteiger partial charge on any atom is -0.494 e. The number of nitrogens with one attached hydrogen (secondary N) is 2. The fourth-order valence-electron chi connectivity index (χ4n) is 3.13. The second kappa shape index (κ2) is 11.3. The van der Waals surface area contributed by atoms with Crippen LogP contribution in [0.3, 0.4) is 0 Å². The highest BCUT2D eigenvalue weighted by Gasteiger charge is 2.24. The Morgan fingerprint density at radius 1 is 1.06 bits per heavy atom. The summed E-state index contributed by atoms with van der Waals surface area (Å²) in [4.78, 5) is 29.6. The molecular formula is C26H22FN3O4S. The van der Waals surface area contributed by atoms with Crippen molar-refractivity contribution in [2.24, 2.45) is 4.99 Å². The van der Waals surface area contributed by atoms with Crippen molar-refractivity contribution in [2.75, 3.05) is 18.5 Å². The Labute approximate surface area is 206 Å². The van der Waals surface area contributed by atoms with Crippen molar-refractivity contribution in [3.63, 3.8) is 0 Å². The third-order valence-corrected chi connectivity index (χ3v) is 5.63. The zero-order chi connectivity index (χ0) is 24.6. The van der Waals surface area contributed by atoms with Gasteiger partial charge in [-0.3, -0.25) is 9.59 Å². The molecule has 0 atom stereocenters. The first-order valence-corrected chi connectivity index (χ1v) is 11.6. The van der Waals surface area contributed by atoms with Gasteiger partial charge in [0.05, 0.1) is 17.2 Å². The summed E-state index contributed by atoms with van der Waals surface area (Å²) in [5.41, 5.74) is 1.80. The summed E-state index contributed by atoms with van der Waals surface area (Å²) in [7, 11) is 0. The Morgan fingerprint density at radius 2 is 1.80 bits per heavy atom. The van der Waals surface area contributed by atoms with Crippen molar-refractivity contribution in [1.29, 1.82) is 0 Å². The molecule has 35 heavy (non-hydrogen) atoms. The molecule has 4 rings (SSSR count). The van der Waals surface area contributed by atoms with Crippen LogP contribution in [0.5, 0.6) is 11.5 Å². The summed E-state index contributed by atoms with van der Waals surface area (Å²) < 4.78 is 24.1. The molecule has 1 saturated heterocycles. The summed E-state index contributed by atoms with van der Waals surface area (Å²) in [6, 6.07) is 19.8. The average Bonchev–Trinajstić information content (AvgIpc) is 3.19. The number of benzene rings is 3. The van der Waals surface area contributed by atoms with Crippen molar-refractivity contribution in [3.8, 4) is 11.5 Å². The number of amidine groups is 1. The number of para-hydroxylation sites is 1. The largest absolute Gasteiger partial charge is 0.494 e. The molecule has 1 aliphatic rings. The highest BCUT2D eigenvalue weighted by Crippen LogP contribution is 2.31. The number of aliphatic imine (C=N–C) groups is 1. The molecule has 0 aliphatic carbocycles. The van der Waals surface area contributed by atoms with Crippen LogP contribution in [0, 0.1) is 5.82 Å². The molecule has 0 bridgehead atoms. The first-order valence-electron chi connectivity index (χ1n) is 10.8. The SMILES string of the molecule is CCOc1ccc(N=C2NC(=O)/C(=C\c3ccccc3OCC(=O)Nc3ccc(F)cc3)S2)cc1. The lowest BCUT2D eigenvalue weighted by atomic mass is 10.2. The molecule has 0 aromatic heterocycles. The topological polar surface area (TPSA) is 89.0 Å². The van der Waals surface area contributed by atoms with Crippen molar-refractivity contribution in [2.45, 2.75) is 6.92 Å². The van der Waals surface area contributed by atoms with Crippen LogP contribution < -0.4 is 20.1 Å². The number of ether oxygens (including phenoxy) is 2. The molecule has 1 fully saturated rings. The second-order valence-corrected chi connectivity index (χ2v) is 8.32. The van der Waals surface area contributed by atoms with Crippen LogP contribution in [0.25, 0.3) is 6.08 Å². The maximum Gasteiger partial charge on any atom is 0.264 e. The van der Waals surface area contributed by atoms with E-state index in [4.69, 9.17) is 9.47 Å². The number of hydrogen-bond donors (Lipinski definition) is 2. The monoisotopic (exact) mass is 491 g/mol. The van der Waals surface area contributed by atoms with Gasteiger partial charge < -0.3 is 20.1 Å². The summed E-state index contributed by atoms with van der Waals surface area (Å²) in [6.45, 7) is 2.25. The van der Waals surface area contributed by atoms with Crippen LogP contribution >= 0.6 is 11.8 Å². The molecule has 0 radical (unpaired) electrons. The van der Waals surface area contributed by atoms with Gasteiger partial charge in [-0.05, 0) is 79.4 Å². The number of amides is 2. The average molecular weight is 492 g/mol. The van der Waals surface area contributed by atoms with Gasteiger partial charge in [-0.25, -0.2) is 9.38 Å². The molecule has 3 aromatic carbocycles. The zero-order valence-electron chi connectivity index (χ0n) is 18.8. The van der Waals surface area contributed by atoms with Gasteiger partial charge in [0.15, 0.2) is 11.8 Å². The number of nitrogens with zero attached hydrogens (tertiary/aromatic N) is 1. The summed E-state index contributed by atoms with van der Waals surface area (Å²) in [6.07, 6.45) is 1.69. The third-order valence-electron chi connectivity index (χ3n) is 4.72. The molecule has 3 aromatic rings. The van der Waals surface area contributed by atoms with Gasteiger partial charge in [0.2, 0.25) is 0 Å². The summed E-state index contributed by atoms with van der Waals surface area (Å²) in [5.74, 6) is 0.144. The quantitative estimate of drug-likeness (QED) is 0.426. The summed E-state index contributed by atoms with van der Waals surface area (Å²) in [5, 5.41) is 5.86. The Kier molecular flexibility index (Phi) is 7.79. The standard InChI is InChI=1S/C26H22FN3O4S/c1-2-33-21-13-11-20(12-14-21)29-26-30-25(32)23(35-26)15-17-5-3-4-6-22(17)34-16-24(31)28-19-9-7-18(27)8-10-19/h3-15H,2,16H2,1H3,(H,28,31)(H,29,30,32)/b23-15+. The van der Waals surface area contributed by atoms with Gasteiger partial charge in [-0.2, -0.15) is 0 Å². The highest BCUT2D eigenvalue weighted by atomic mass is 32.2. The number of carbonyl (C=O) groups is 2. The molecule has 1 heterocycles. The van der Waals surface area contributed by atoms with Crippen molar-refractivity contribution >= 4 is 46.2 Å². The van der Waals surface area contributed by atoms with Crippen LogP contribution in [0.15, 0.2) is 82.7 Å². The molecule has 7 nitrogen and oxygen atoms in total. The van der Waals surface area contributed by atoms with E-state index in [0.717, 1.165) is 5.75 Å². The van der Waals surface area contributed by atoms with Gasteiger partial charge in [-0.15, -0.1) is 0 Å². The Morgan fingerprint density at radius 3 is 2.54 bits per heavy atom. The maximum atomic E-state index is 13.0. The van der Waals surface area contributed by atoms with E-state index in [1.807, 2.05) is 37.3 Å². The number of anilines is 1. The lowest BCUT2D eigenvalue weighted by Gasteiger charge is -2.10. The summed E-state index contributed by atoms with van der Waals surface area (Å²) >= 11 is 1.21. The fourth-order valence-corrected chi connectivity index (χ4v) is 3.96. The number of thioether (sulfide) groups is 1. The minimum atomic E-state index is -0.392. The van der Waals surface area contributed by atoms with E-state index >= 15 is 0 Å². The Bertz CT molecular complexity index is 1270. The first-order chi connectivity index (χ1) is 17.0. The fraction of sp³-hybridized carbons (Fsp3) is 0.115. The van der Waals surface area contributed by atoms with Crippen molar-refractivity contribution < 1.29 is 23.5 Å². The van der Waals surface area contributed by atoms with E-state index in [0.29, 0.717) is 39.4 Å². The molecule has 9 heteroatoms. The number of halogens is 1. The van der Waals surface area contributed by atoms with Gasteiger partial charge in [0, 0.05) is 11.3 Å². The van der Waals surface area contributed by atoms with Crippen LogP contribution in [0.4, 0.5) is 15.8 Å². The highest BCUT2D eigenvalue weighted by molar-refractivity contribution is 8.18. The van der Waals surface area contributed by atoms with E-state index in [-0.39, 0.29) is 18.3 Å². The lowest BCUT2D eigenvalue weighted by molar-refractivity contribution is -0.118. The number of carbonyl (C=O) groups excluding carboxylic acids is 2. The smallest absolute Gasteiger partial charge is 0.264 e. The number of rotatable bonds is 8. The molecule has 2 amide bonds. The molecule has 1 aliphatic heterocycles. The normalized spacial score (nSPS) is 15.2. The predicted molar refractivity (Wildman–Crippen MR) is 135 cm³/mol. The first kappa shape index (κ1) is 24.0. The van der Waals surface area contributed by atoms with E-state index in [1.165, 1.54) is 36.0 Å². The minimum absolute atomic E-state index is 0.249. The third kappa shape index (κ3) is 6.70. The van der Waals surface area contributed by atoms with Gasteiger partial charge in [0.25, 0.3) is 11.8 Å². The van der Waals surface area contributed by atoms with Gasteiger partial charge in [0.1, 0.15) is 17.3 Å². The molecule has 178 valence electrons. The molecular weight excluding hydrogens is 469 g/mol. The lowest BCUT2D eigenvalue weighted by Crippen LogP contribution is -2.20. The van der Waals surface area contributed by atoms with E-state index in [2.05, 4.69) is 15.6 Å². The molecule has 0 saturated carbocycles. The van der Waals surface area contributed by atoms with Gasteiger partial charge in [-0.1, -0.05) is 18.2 Å². The Balaban J connectivity index is 1.41. The maximum absolute atomic E-state index is 13.0. The Hall–Kier alpha value is -4.11. The van der Waals surface area contributed by atoms with Gasteiger partial charge >= 0.3 is 0 Å². The van der Waals surface area contributed by atoms with Crippen LogP contribution in [0.2, 0.25) is 0 Å². The van der Waals surface area contributed by atoms with Crippen molar-refractivity contribution in [3.05, 3.63) is 89.1 Å². The van der Waals surface area contributed by atoms with E-state index in [9.17, 15) is 14.0 Å². The molecule has 0 unspecified atom stereocenters. The molecule has 2 N–H and O–H groups in total. The molecule has 0 spiro atoms. The second-order valence-electron chi connectivity index (χ2n) is 7.29. The zero-order valence-corrected chi connectivity index (χ0v) is 19.6. The predicted octanol–water partition coefficient (Wildman–Crippen LogP) is 5.13. The van der Waals surface area contributed by atoms with E-state index < -0.39 is 5.91 Å².